The second kappa shape index (κ2) is 5.04. The Kier molecular flexibility index (Phi) is 4.14. The molecule has 2 atom stereocenters. The minimum Gasteiger partial charge on any atom is -0.481 e. The highest BCUT2D eigenvalue weighted by Crippen LogP contribution is 2.19. The van der Waals surface area contributed by atoms with Crippen LogP contribution in [0.1, 0.15) is 34.1 Å². The van der Waals surface area contributed by atoms with Crippen molar-refractivity contribution in [2.75, 3.05) is 13.1 Å². The molecule has 1 aliphatic heterocycles. The first-order chi connectivity index (χ1) is 7.70. The second-order valence-corrected chi connectivity index (χ2v) is 5.73. The standard InChI is InChI=1S/C12H22N2O3/c1-8(10(15)13-12(2,3)4)14-6-5-9(7-14)11(16)17/h8-9H,5-7H2,1-4H3,(H,13,15)(H,16,17). The van der Waals surface area contributed by atoms with Crippen molar-refractivity contribution in [2.24, 2.45) is 5.92 Å². The summed E-state index contributed by atoms with van der Waals surface area (Å²) in [5.41, 5.74) is -0.253. The fraction of sp³-hybridized carbons (Fsp3) is 0.833. The fourth-order valence-corrected chi connectivity index (χ4v) is 1.98. The molecule has 0 aliphatic carbocycles. The van der Waals surface area contributed by atoms with Crippen molar-refractivity contribution < 1.29 is 14.7 Å². The summed E-state index contributed by atoms with van der Waals surface area (Å²) in [5, 5.41) is 11.8. The van der Waals surface area contributed by atoms with Crippen molar-refractivity contribution in [2.45, 2.75) is 45.7 Å². The molecule has 1 fully saturated rings. The van der Waals surface area contributed by atoms with Crippen LogP contribution in [0.15, 0.2) is 0 Å². The maximum atomic E-state index is 11.9. The third-order valence-corrected chi connectivity index (χ3v) is 2.99. The van der Waals surface area contributed by atoms with Gasteiger partial charge in [0.05, 0.1) is 12.0 Å². The van der Waals surface area contributed by atoms with Crippen molar-refractivity contribution in [1.82, 2.24) is 10.2 Å². The van der Waals surface area contributed by atoms with E-state index in [1.54, 1.807) is 0 Å². The average molecular weight is 242 g/mol. The molecule has 1 aliphatic rings. The Morgan fingerprint density at radius 1 is 1.41 bits per heavy atom. The minimum atomic E-state index is -0.768. The summed E-state index contributed by atoms with van der Waals surface area (Å²) in [5.74, 6) is -1.14. The lowest BCUT2D eigenvalue weighted by Crippen LogP contribution is -2.50. The van der Waals surface area contributed by atoms with Crippen LogP contribution in [-0.2, 0) is 9.59 Å². The molecule has 0 bridgehead atoms. The number of nitrogens with zero attached hydrogens (tertiary/aromatic N) is 1. The first-order valence-electron chi connectivity index (χ1n) is 5.99. The van der Waals surface area contributed by atoms with E-state index in [9.17, 15) is 9.59 Å². The summed E-state index contributed by atoms with van der Waals surface area (Å²) in [6.45, 7) is 8.76. The van der Waals surface area contributed by atoms with Gasteiger partial charge in [-0.1, -0.05) is 0 Å². The molecule has 1 heterocycles. The van der Waals surface area contributed by atoms with Crippen LogP contribution in [0.4, 0.5) is 0 Å². The van der Waals surface area contributed by atoms with Gasteiger partial charge in [-0.25, -0.2) is 0 Å². The molecule has 2 unspecified atom stereocenters. The highest BCUT2D eigenvalue weighted by Gasteiger charge is 2.33. The predicted octanol–water partition coefficient (Wildman–Crippen LogP) is 0.696. The summed E-state index contributed by atoms with van der Waals surface area (Å²) < 4.78 is 0. The Hall–Kier alpha value is -1.10. The van der Waals surface area contributed by atoms with Crippen molar-refractivity contribution in [3.63, 3.8) is 0 Å². The van der Waals surface area contributed by atoms with Crippen LogP contribution in [-0.4, -0.2) is 46.6 Å². The van der Waals surface area contributed by atoms with Crippen LogP contribution in [0.3, 0.4) is 0 Å². The number of carbonyl (C=O) groups is 2. The molecule has 0 aromatic rings. The van der Waals surface area contributed by atoms with Gasteiger partial charge < -0.3 is 10.4 Å². The van der Waals surface area contributed by atoms with Crippen LogP contribution < -0.4 is 5.32 Å². The van der Waals surface area contributed by atoms with Crippen molar-refractivity contribution in [1.29, 1.82) is 0 Å². The summed E-state index contributed by atoms with van der Waals surface area (Å²) in [7, 11) is 0. The predicted molar refractivity (Wildman–Crippen MR) is 64.7 cm³/mol. The van der Waals surface area contributed by atoms with E-state index in [0.717, 1.165) is 0 Å². The van der Waals surface area contributed by atoms with E-state index in [4.69, 9.17) is 5.11 Å². The van der Waals surface area contributed by atoms with Gasteiger partial charge in [0, 0.05) is 12.1 Å². The second-order valence-electron chi connectivity index (χ2n) is 5.73. The third kappa shape index (κ3) is 4.00. The van der Waals surface area contributed by atoms with Gasteiger partial charge in [-0.3, -0.25) is 14.5 Å². The molecule has 0 spiro atoms. The summed E-state index contributed by atoms with van der Waals surface area (Å²) >= 11 is 0. The number of rotatable bonds is 3. The number of amides is 1. The Bertz CT molecular complexity index is 309. The lowest BCUT2D eigenvalue weighted by atomic mass is 10.1. The number of carbonyl (C=O) groups excluding carboxylic acids is 1. The topological polar surface area (TPSA) is 69.6 Å². The molecule has 98 valence electrons. The molecule has 0 aromatic heterocycles. The molecule has 1 saturated heterocycles. The normalized spacial score (nSPS) is 23.4. The smallest absolute Gasteiger partial charge is 0.307 e. The number of carboxylic acids is 1. The van der Waals surface area contributed by atoms with Gasteiger partial charge in [0.1, 0.15) is 0 Å². The van der Waals surface area contributed by atoms with Crippen LogP contribution in [0.2, 0.25) is 0 Å². The Morgan fingerprint density at radius 3 is 2.41 bits per heavy atom. The first-order valence-corrected chi connectivity index (χ1v) is 5.99. The van der Waals surface area contributed by atoms with Crippen LogP contribution in [0.25, 0.3) is 0 Å². The van der Waals surface area contributed by atoms with Gasteiger partial charge in [0.2, 0.25) is 5.91 Å². The van der Waals surface area contributed by atoms with Gasteiger partial charge in [-0.2, -0.15) is 0 Å². The van der Waals surface area contributed by atoms with Gasteiger partial charge in [-0.15, -0.1) is 0 Å². The lowest BCUT2D eigenvalue weighted by Gasteiger charge is -2.28. The van der Waals surface area contributed by atoms with Crippen LogP contribution >= 0.6 is 0 Å². The van der Waals surface area contributed by atoms with Crippen molar-refractivity contribution in [3.05, 3.63) is 0 Å². The van der Waals surface area contributed by atoms with E-state index in [-0.39, 0.29) is 23.4 Å². The van der Waals surface area contributed by atoms with E-state index < -0.39 is 5.97 Å². The molecular weight excluding hydrogens is 220 g/mol. The fourth-order valence-electron chi connectivity index (χ4n) is 1.98. The number of hydrogen-bond donors (Lipinski definition) is 2. The van der Waals surface area contributed by atoms with Gasteiger partial charge in [-0.05, 0) is 40.7 Å². The molecule has 5 nitrogen and oxygen atoms in total. The summed E-state index contributed by atoms with van der Waals surface area (Å²) in [6, 6.07) is -0.265. The average Bonchev–Trinajstić information content (AvgIpc) is 2.62. The zero-order valence-corrected chi connectivity index (χ0v) is 11.0. The Labute approximate surface area is 102 Å². The molecule has 2 N–H and O–H groups in total. The molecular formula is C12H22N2O3. The number of nitrogens with one attached hydrogen (secondary N) is 1. The highest BCUT2D eigenvalue weighted by atomic mass is 16.4. The highest BCUT2D eigenvalue weighted by molar-refractivity contribution is 5.82. The van der Waals surface area contributed by atoms with Gasteiger partial charge in [0.25, 0.3) is 0 Å². The number of likely N-dealkylation sites (tertiary alicyclic amines) is 1. The molecule has 5 heteroatoms. The molecule has 0 aromatic carbocycles. The van der Waals surface area contributed by atoms with Crippen molar-refractivity contribution in [3.8, 4) is 0 Å². The molecule has 0 saturated carbocycles. The summed E-state index contributed by atoms with van der Waals surface area (Å²) in [6.07, 6.45) is 0.627. The van der Waals surface area contributed by atoms with E-state index in [0.29, 0.717) is 19.5 Å². The summed E-state index contributed by atoms with van der Waals surface area (Å²) in [4.78, 5) is 24.7. The third-order valence-electron chi connectivity index (χ3n) is 2.99. The lowest BCUT2D eigenvalue weighted by molar-refractivity contribution is -0.141. The van der Waals surface area contributed by atoms with Gasteiger partial charge >= 0.3 is 5.97 Å². The number of aliphatic carboxylic acids is 1. The maximum absolute atomic E-state index is 11.9. The largest absolute Gasteiger partial charge is 0.481 e. The Balaban J connectivity index is 2.52. The zero-order valence-electron chi connectivity index (χ0n) is 11.0. The van der Waals surface area contributed by atoms with Crippen LogP contribution in [0, 0.1) is 5.92 Å². The van der Waals surface area contributed by atoms with E-state index in [2.05, 4.69) is 5.32 Å². The molecule has 1 amide bonds. The number of carboxylic acid groups (broad SMARTS) is 1. The van der Waals surface area contributed by atoms with Crippen molar-refractivity contribution >= 4 is 11.9 Å². The zero-order chi connectivity index (χ0) is 13.2. The first kappa shape index (κ1) is 14.0. The minimum absolute atomic E-state index is 0.0384. The monoisotopic (exact) mass is 242 g/mol. The SMILES string of the molecule is CC(C(=O)NC(C)(C)C)N1CCC(C(=O)O)C1. The van der Waals surface area contributed by atoms with Crippen LogP contribution in [0.5, 0.6) is 0 Å². The number of hydrogen-bond acceptors (Lipinski definition) is 3. The van der Waals surface area contributed by atoms with Gasteiger partial charge in [0.15, 0.2) is 0 Å². The van der Waals surface area contributed by atoms with E-state index in [1.807, 2.05) is 32.6 Å². The van der Waals surface area contributed by atoms with E-state index in [1.165, 1.54) is 0 Å². The Morgan fingerprint density at radius 2 is 2.00 bits per heavy atom. The maximum Gasteiger partial charge on any atom is 0.307 e. The molecule has 0 radical (unpaired) electrons. The quantitative estimate of drug-likeness (QED) is 0.764. The molecule has 1 rings (SSSR count). The van der Waals surface area contributed by atoms with E-state index >= 15 is 0 Å². The molecule has 17 heavy (non-hydrogen) atoms.